The molecular weight excluding hydrogens is 208 g/mol. The van der Waals surface area contributed by atoms with Gasteiger partial charge in [-0.05, 0) is 26.2 Å². The molecule has 0 spiro atoms. The Kier molecular flexibility index (Phi) is 4.50. The summed E-state index contributed by atoms with van der Waals surface area (Å²) in [7, 11) is 0. The highest BCUT2D eigenvalue weighted by Crippen LogP contribution is 2.36. The molecule has 1 aliphatic rings. The normalized spacial score (nSPS) is 29.8. The SMILES string of the molecule is C=C(C)C(=O)OC1(CO)CCCCC1CO. The number of carbonyl (C=O) groups excluding carboxylic acids is 1. The molecule has 2 atom stereocenters. The monoisotopic (exact) mass is 228 g/mol. The van der Waals surface area contributed by atoms with Crippen molar-refractivity contribution in [3.8, 4) is 0 Å². The molecule has 1 saturated carbocycles. The van der Waals surface area contributed by atoms with Crippen LogP contribution in [0, 0.1) is 5.92 Å². The van der Waals surface area contributed by atoms with E-state index >= 15 is 0 Å². The zero-order chi connectivity index (χ0) is 12.2. The van der Waals surface area contributed by atoms with Crippen molar-refractivity contribution in [3.05, 3.63) is 12.2 Å². The van der Waals surface area contributed by atoms with Crippen LogP contribution >= 0.6 is 0 Å². The largest absolute Gasteiger partial charge is 0.453 e. The molecule has 4 nitrogen and oxygen atoms in total. The Bertz CT molecular complexity index is 274. The third kappa shape index (κ3) is 2.62. The number of hydrogen-bond acceptors (Lipinski definition) is 4. The van der Waals surface area contributed by atoms with E-state index < -0.39 is 11.6 Å². The molecule has 2 N–H and O–H groups in total. The average Bonchev–Trinajstić information content (AvgIpc) is 2.29. The zero-order valence-electron chi connectivity index (χ0n) is 9.74. The predicted molar refractivity (Wildman–Crippen MR) is 59.8 cm³/mol. The standard InChI is InChI=1S/C12H20O4/c1-9(2)11(15)16-12(8-14)6-4-3-5-10(12)7-13/h10,13-14H,1,3-8H2,2H3. The fraction of sp³-hybridized carbons (Fsp3) is 0.750. The summed E-state index contributed by atoms with van der Waals surface area (Å²) in [5.74, 6) is -0.663. The third-order valence-corrected chi connectivity index (χ3v) is 3.28. The molecule has 0 aromatic carbocycles. The Balaban J connectivity index is 2.80. The van der Waals surface area contributed by atoms with E-state index in [0.29, 0.717) is 12.0 Å². The molecule has 0 aromatic heterocycles. The van der Waals surface area contributed by atoms with Gasteiger partial charge in [0.15, 0.2) is 0 Å². The van der Waals surface area contributed by atoms with Crippen molar-refractivity contribution in [1.82, 2.24) is 0 Å². The van der Waals surface area contributed by atoms with Gasteiger partial charge in [0.1, 0.15) is 5.60 Å². The number of aliphatic hydroxyl groups is 2. The summed E-state index contributed by atoms with van der Waals surface area (Å²) in [6.07, 6.45) is 3.28. The first-order valence-electron chi connectivity index (χ1n) is 5.66. The number of esters is 1. The lowest BCUT2D eigenvalue weighted by Gasteiger charge is -2.41. The Morgan fingerprint density at radius 1 is 1.50 bits per heavy atom. The maximum Gasteiger partial charge on any atom is 0.333 e. The highest BCUT2D eigenvalue weighted by atomic mass is 16.6. The summed E-state index contributed by atoms with van der Waals surface area (Å²) < 4.78 is 5.34. The second-order valence-electron chi connectivity index (χ2n) is 4.52. The van der Waals surface area contributed by atoms with Crippen LogP contribution in [0.4, 0.5) is 0 Å². The third-order valence-electron chi connectivity index (χ3n) is 3.28. The van der Waals surface area contributed by atoms with Crippen LogP contribution < -0.4 is 0 Å². The van der Waals surface area contributed by atoms with Gasteiger partial charge < -0.3 is 14.9 Å². The minimum Gasteiger partial charge on any atom is -0.453 e. The van der Waals surface area contributed by atoms with Gasteiger partial charge in [0.05, 0.1) is 6.61 Å². The summed E-state index contributed by atoms with van der Waals surface area (Å²) in [5, 5.41) is 18.7. The number of carbonyl (C=O) groups is 1. The smallest absolute Gasteiger partial charge is 0.333 e. The van der Waals surface area contributed by atoms with Gasteiger partial charge in [-0.3, -0.25) is 0 Å². The van der Waals surface area contributed by atoms with Crippen LogP contribution in [0.5, 0.6) is 0 Å². The van der Waals surface area contributed by atoms with E-state index in [4.69, 9.17) is 4.74 Å². The summed E-state index contributed by atoms with van der Waals surface area (Å²) in [5.41, 5.74) is -0.599. The van der Waals surface area contributed by atoms with Crippen molar-refractivity contribution in [2.24, 2.45) is 5.92 Å². The van der Waals surface area contributed by atoms with Gasteiger partial charge in [-0.25, -0.2) is 4.79 Å². The molecule has 0 amide bonds. The predicted octanol–water partition coefficient (Wildman–Crippen LogP) is 1.02. The van der Waals surface area contributed by atoms with Crippen molar-refractivity contribution in [3.63, 3.8) is 0 Å². The van der Waals surface area contributed by atoms with Crippen LogP contribution in [0.1, 0.15) is 32.6 Å². The van der Waals surface area contributed by atoms with E-state index in [0.717, 1.165) is 19.3 Å². The number of aliphatic hydroxyl groups excluding tert-OH is 2. The second-order valence-corrected chi connectivity index (χ2v) is 4.52. The summed E-state index contributed by atoms with van der Waals surface area (Å²) in [6, 6.07) is 0. The lowest BCUT2D eigenvalue weighted by molar-refractivity contribution is -0.176. The fourth-order valence-electron chi connectivity index (χ4n) is 2.19. The molecule has 1 fully saturated rings. The molecule has 92 valence electrons. The Labute approximate surface area is 95.9 Å². The summed E-state index contributed by atoms with van der Waals surface area (Å²) >= 11 is 0. The highest BCUT2D eigenvalue weighted by Gasteiger charge is 2.43. The van der Waals surface area contributed by atoms with Gasteiger partial charge in [-0.2, -0.15) is 0 Å². The zero-order valence-corrected chi connectivity index (χ0v) is 9.74. The van der Waals surface area contributed by atoms with Crippen LogP contribution in [-0.2, 0) is 9.53 Å². The molecule has 0 aliphatic heterocycles. The molecule has 0 radical (unpaired) electrons. The molecule has 0 heterocycles. The maximum absolute atomic E-state index is 11.5. The Morgan fingerprint density at radius 2 is 2.19 bits per heavy atom. The second kappa shape index (κ2) is 5.46. The van der Waals surface area contributed by atoms with Crippen molar-refractivity contribution >= 4 is 5.97 Å². The molecule has 0 saturated heterocycles. The van der Waals surface area contributed by atoms with Crippen LogP contribution in [-0.4, -0.2) is 35.0 Å². The van der Waals surface area contributed by atoms with Gasteiger partial charge >= 0.3 is 5.97 Å². The Morgan fingerprint density at radius 3 is 2.69 bits per heavy atom. The molecule has 2 unspecified atom stereocenters. The van der Waals surface area contributed by atoms with Crippen molar-refractivity contribution in [2.75, 3.05) is 13.2 Å². The number of rotatable bonds is 4. The number of hydrogen-bond donors (Lipinski definition) is 2. The molecule has 0 bridgehead atoms. The van der Waals surface area contributed by atoms with Gasteiger partial charge in [-0.15, -0.1) is 0 Å². The van der Waals surface area contributed by atoms with Crippen LogP contribution in [0.2, 0.25) is 0 Å². The summed E-state index contributed by atoms with van der Waals surface area (Å²) in [4.78, 5) is 11.5. The lowest BCUT2D eigenvalue weighted by atomic mass is 9.76. The van der Waals surface area contributed by atoms with Gasteiger partial charge in [0.2, 0.25) is 0 Å². The van der Waals surface area contributed by atoms with E-state index in [-0.39, 0.29) is 19.1 Å². The molecule has 4 heteroatoms. The minimum absolute atomic E-state index is 0.0654. The van der Waals surface area contributed by atoms with Crippen molar-refractivity contribution in [2.45, 2.75) is 38.2 Å². The topological polar surface area (TPSA) is 66.8 Å². The van der Waals surface area contributed by atoms with E-state index in [1.54, 1.807) is 6.92 Å². The van der Waals surface area contributed by atoms with Crippen molar-refractivity contribution < 1.29 is 19.7 Å². The molecule has 1 rings (SSSR count). The van der Waals surface area contributed by atoms with E-state index in [1.807, 2.05) is 0 Å². The van der Waals surface area contributed by atoms with Crippen LogP contribution in [0.25, 0.3) is 0 Å². The minimum atomic E-state index is -0.914. The molecule has 1 aliphatic carbocycles. The van der Waals surface area contributed by atoms with E-state index in [2.05, 4.69) is 6.58 Å². The van der Waals surface area contributed by atoms with Crippen LogP contribution in [0.3, 0.4) is 0 Å². The average molecular weight is 228 g/mol. The summed E-state index contributed by atoms with van der Waals surface area (Å²) in [6.45, 7) is 4.79. The lowest BCUT2D eigenvalue weighted by Crippen LogP contribution is -2.49. The first-order chi connectivity index (χ1) is 7.55. The highest BCUT2D eigenvalue weighted by molar-refractivity contribution is 5.87. The first-order valence-corrected chi connectivity index (χ1v) is 5.66. The fourth-order valence-corrected chi connectivity index (χ4v) is 2.19. The van der Waals surface area contributed by atoms with Crippen molar-refractivity contribution in [1.29, 1.82) is 0 Å². The van der Waals surface area contributed by atoms with Gasteiger partial charge in [-0.1, -0.05) is 13.0 Å². The number of ether oxygens (including phenoxy) is 1. The quantitative estimate of drug-likeness (QED) is 0.557. The van der Waals surface area contributed by atoms with E-state index in [9.17, 15) is 15.0 Å². The van der Waals surface area contributed by atoms with E-state index in [1.165, 1.54) is 0 Å². The molecular formula is C12H20O4. The van der Waals surface area contributed by atoms with Gasteiger partial charge in [0, 0.05) is 18.1 Å². The Hall–Kier alpha value is -0.870. The molecule has 16 heavy (non-hydrogen) atoms. The van der Waals surface area contributed by atoms with Crippen LogP contribution in [0.15, 0.2) is 12.2 Å². The molecule has 0 aromatic rings. The first kappa shape index (κ1) is 13.2. The van der Waals surface area contributed by atoms with Gasteiger partial charge in [0.25, 0.3) is 0 Å². The maximum atomic E-state index is 11.5.